The monoisotopic (exact) mass is 271 g/mol. The Morgan fingerprint density at radius 1 is 1.26 bits per heavy atom. The molecule has 1 aliphatic heterocycles. The highest BCUT2D eigenvalue weighted by Crippen LogP contribution is 2.37. The number of epoxide rings is 1. The lowest BCUT2D eigenvalue weighted by molar-refractivity contribution is -0.118. The molecule has 1 N–H and O–H groups in total. The highest BCUT2D eigenvalue weighted by atomic mass is 16.6. The van der Waals surface area contributed by atoms with Gasteiger partial charge < -0.3 is 9.84 Å². The van der Waals surface area contributed by atoms with Crippen molar-refractivity contribution in [3.8, 4) is 0 Å². The van der Waals surface area contributed by atoms with Crippen molar-refractivity contribution < 1.29 is 14.6 Å². The van der Waals surface area contributed by atoms with E-state index < -0.39 is 0 Å². The molecule has 0 aromatic heterocycles. The number of nitrogens with zero attached hydrogens (tertiary/aromatic N) is 1. The molecule has 3 atom stereocenters. The van der Waals surface area contributed by atoms with E-state index >= 15 is 0 Å². The van der Waals surface area contributed by atoms with Gasteiger partial charge in [0.15, 0.2) is 0 Å². The van der Waals surface area contributed by atoms with E-state index in [1.54, 1.807) is 0 Å². The molecule has 0 radical (unpaired) electrons. The fraction of sp³-hybridized carbons (Fsp3) is 0.929. The first kappa shape index (κ1) is 16.2. The molecule has 0 bridgehead atoms. The van der Waals surface area contributed by atoms with Crippen LogP contribution < -0.4 is 0 Å². The lowest BCUT2D eigenvalue weighted by atomic mass is 9.96. The van der Waals surface area contributed by atoms with Crippen LogP contribution in [0.3, 0.4) is 0 Å². The van der Waals surface area contributed by atoms with E-state index in [9.17, 15) is 9.70 Å². The van der Waals surface area contributed by atoms with Gasteiger partial charge >= 0.3 is 0 Å². The third-order valence-corrected chi connectivity index (χ3v) is 3.63. The average Bonchev–Trinajstić information content (AvgIpc) is 3.22. The molecule has 110 valence electrons. The van der Waals surface area contributed by atoms with Gasteiger partial charge in [-0.05, 0) is 25.7 Å². The standard InChI is InChI=1S/C8H16O2.C6H9NO2/c1-2-8(10)6-4-3-5-7-9;8-7-4-1-2-5-6(3-4)9-5/h9H,2-7H2,1H3;4-6H,1-3H2. The number of aliphatic hydroxyl groups excluding tert-OH is 1. The second-order valence-electron chi connectivity index (χ2n) is 5.21. The number of carbonyl (C=O) groups is 1. The van der Waals surface area contributed by atoms with Crippen molar-refractivity contribution in [2.75, 3.05) is 6.61 Å². The third kappa shape index (κ3) is 6.78. The van der Waals surface area contributed by atoms with Crippen molar-refractivity contribution in [2.45, 2.75) is 76.5 Å². The SMILES string of the molecule is CCC(=O)CCCCCO.O=NC1CCC2OC2C1. The Kier molecular flexibility index (Phi) is 7.82. The van der Waals surface area contributed by atoms with Gasteiger partial charge in [0.2, 0.25) is 0 Å². The van der Waals surface area contributed by atoms with Gasteiger partial charge in [-0.1, -0.05) is 18.5 Å². The third-order valence-electron chi connectivity index (χ3n) is 3.63. The van der Waals surface area contributed by atoms with Gasteiger partial charge in [0, 0.05) is 25.9 Å². The van der Waals surface area contributed by atoms with Gasteiger partial charge in [0.25, 0.3) is 0 Å². The van der Waals surface area contributed by atoms with Crippen LogP contribution in [0.4, 0.5) is 0 Å². The number of fused-ring (bicyclic) bond motifs is 1. The molecule has 1 aliphatic carbocycles. The molecule has 5 nitrogen and oxygen atoms in total. The van der Waals surface area contributed by atoms with Crippen LogP contribution in [0, 0.1) is 4.91 Å². The molecule has 2 fully saturated rings. The summed E-state index contributed by atoms with van der Waals surface area (Å²) in [4.78, 5) is 20.7. The predicted molar refractivity (Wildman–Crippen MR) is 72.9 cm³/mol. The molecular formula is C14H25NO4. The lowest BCUT2D eigenvalue weighted by Gasteiger charge is -2.09. The van der Waals surface area contributed by atoms with Crippen LogP contribution in [0.25, 0.3) is 0 Å². The summed E-state index contributed by atoms with van der Waals surface area (Å²) in [6.45, 7) is 2.13. The maximum atomic E-state index is 10.7. The summed E-state index contributed by atoms with van der Waals surface area (Å²) in [5.41, 5.74) is 0. The Balaban J connectivity index is 0.000000190. The van der Waals surface area contributed by atoms with Crippen LogP contribution in [0.1, 0.15) is 58.3 Å². The fourth-order valence-corrected chi connectivity index (χ4v) is 2.27. The zero-order chi connectivity index (χ0) is 14.1. The Morgan fingerprint density at radius 2 is 2.05 bits per heavy atom. The van der Waals surface area contributed by atoms with Gasteiger partial charge in [0.05, 0.1) is 18.2 Å². The van der Waals surface area contributed by atoms with E-state index in [-0.39, 0.29) is 12.6 Å². The van der Waals surface area contributed by atoms with Crippen molar-refractivity contribution in [1.29, 1.82) is 0 Å². The molecule has 3 unspecified atom stereocenters. The van der Waals surface area contributed by atoms with E-state index in [1.807, 2.05) is 6.92 Å². The van der Waals surface area contributed by atoms with E-state index in [0.29, 0.717) is 30.8 Å². The summed E-state index contributed by atoms with van der Waals surface area (Å²) in [6.07, 6.45) is 7.81. The quantitative estimate of drug-likeness (QED) is 0.438. The molecule has 5 heteroatoms. The van der Waals surface area contributed by atoms with Gasteiger partial charge in [-0.25, -0.2) is 0 Å². The largest absolute Gasteiger partial charge is 0.396 e. The van der Waals surface area contributed by atoms with Crippen LogP contribution in [0.5, 0.6) is 0 Å². The van der Waals surface area contributed by atoms with Crippen molar-refractivity contribution in [1.82, 2.24) is 0 Å². The summed E-state index contributed by atoms with van der Waals surface area (Å²) < 4.78 is 5.21. The van der Waals surface area contributed by atoms with Gasteiger partial charge in [-0.2, -0.15) is 4.91 Å². The first-order valence-corrected chi connectivity index (χ1v) is 7.31. The van der Waals surface area contributed by atoms with Gasteiger partial charge in [-0.15, -0.1) is 0 Å². The molecule has 19 heavy (non-hydrogen) atoms. The molecule has 1 heterocycles. The number of ketones is 1. The number of Topliss-reactive ketones (excluding diaryl/α,β-unsaturated/α-hetero) is 1. The maximum Gasteiger partial charge on any atom is 0.132 e. The summed E-state index contributed by atoms with van der Waals surface area (Å²) in [5, 5.41) is 11.4. The van der Waals surface area contributed by atoms with Crippen LogP contribution in [0.2, 0.25) is 0 Å². The smallest absolute Gasteiger partial charge is 0.132 e. The topological polar surface area (TPSA) is 79.3 Å². The first-order chi connectivity index (χ1) is 9.21. The normalized spacial score (nSPS) is 27.8. The van der Waals surface area contributed by atoms with E-state index in [2.05, 4.69) is 5.18 Å². The van der Waals surface area contributed by atoms with Crippen molar-refractivity contribution >= 4 is 5.78 Å². The minimum Gasteiger partial charge on any atom is -0.396 e. The molecule has 1 saturated heterocycles. The molecule has 2 aliphatic rings. The fourth-order valence-electron chi connectivity index (χ4n) is 2.27. The van der Waals surface area contributed by atoms with Crippen LogP contribution in [-0.4, -0.2) is 35.7 Å². The molecular weight excluding hydrogens is 246 g/mol. The second-order valence-corrected chi connectivity index (χ2v) is 5.21. The minimum atomic E-state index is 0.0498. The van der Waals surface area contributed by atoms with E-state index in [4.69, 9.17) is 9.84 Å². The van der Waals surface area contributed by atoms with Gasteiger partial charge in [-0.3, -0.25) is 4.79 Å². The number of aliphatic hydroxyl groups is 1. The highest BCUT2D eigenvalue weighted by Gasteiger charge is 2.44. The number of nitroso groups, excluding NO2 is 1. The van der Waals surface area contributed by atoms with Crippen LogP contribution in [0.15, 0.2) is 5.18 Å². The van der Waals surface area contributed by atoms with E-state index in [1.165, 1.54) is 0 Å². The summed E-state index contributed by atoms with van der Waals surface area (Å²) in [5.74, 6) is 0.331. The Labute approximate surface area is 114 Å². The molecule has 2 rings (SSSR count). The number of unbranched alkanes of at least 4 members (excludes halogenated alkanes) is 2. The average molecular weight is 271 g/mol. The molecule has 1 saturated carbocycles. The Bertz CT molecular complexity index is 283. The van der Waals surface area contributed by atoms with Crippen molar-refractivity contribution in [3.05, 3.63) is 4.91 Å². The number of ether oxygens (including phenoxy) is 1. The Hall–Kier alpha value is -0.810. The number of carbonyl (C=O) groups excluding carboxylic acids is 1. The molecule has 0 aromatic rings. The maximum absolute atomic E-state index is 10.7. The Morgan fingerprint density at radius 3 is 2.63 bits per heavy atom. The van der Waals surface area contributed by atoms with Crippen molar-refractivity contribution in [3.63, 3.8) is 0 Å². The highest BCUT2D eigenvalue weighted by molar-refractivity contribution is 5.77. The van der Waals surface area contributed by atoms with Crippen molar-refractivity contribution in [2.24, 2.45) is 5.18 Å². The lowest BCUT2D eigenvalue weighted by Crippen LogP contribution is -2.15. The summed E-state index contributed by atoms with van der Waals surface area (Å²) in [7, 11) is 0. The molecule has 0 amide bonds. The molecule has 0 aromatic carbocycles. The first-order valence-electron chi connectivity index (χ1n) is 7.31. The number of rotatable bonds is 7. The second kappa shape index (κ2) is 9.15. The zero-order valence-electron chi connectivity index (χ0n) is 11.7. The number of hydrogen-bond acceptors (Lipinski definition) is 5. The zero-order valence-corrected chi connectivity index (χ0v) is 11.7. The summed E-state index contributed by atoms with van der Waals surface area (Å²) in [6, 6.07) is 0.0498. The van der Waals surface area contributed by atoms with Crippen LogP contribution in [-0.2, 0) is 9.53 Å². The van der Waals surface area contributed by atoms with Crippen LogP contribution >= 0.6 is 0 Å². The van der Waals surface area contributed by atoms with Gasteiger partial charge in [0.1, 0.15) is 5.78 Å². The molecule has 0 spiro atoms. The summed E-state index contributed by atoms with van der Waals surface area (Å²) >= 11 is 0. The van der Waals surface area contributed by atoms with E-state index in [0.717, 1.165) is 38.5 Å². The minimum absolute atomic E-state index is 0.0498. The predicted octanol–water partition coefficient (Wildman–Crippen LogP) is 2.59. The number of hydrogen-bond donors (Lipinski definition) is 1.